The van der Waals surface area contributed by atoms with Gasteiger partial charge in [0.1, 0.15) is 32.4 Å². The van der Waals surface area contributed by atoms with Crippen LogP contribution in [0.25, 0.3) is 10.9 Å². The van der Waals surface area contributed by atoms with Crippen LogP contribution in [0.3, 0.4) is 0 Å². The molecule has 0 bridgehead atoms. The van der Waals surface area contributed by atoms with Crippen LogP contribution in [0.1, 0.15) is 5.56 Å². The van der Waals surface area contributed by atoms with E-state index in [1.165, 1.54) is 32.4 Å². The number of fused-ring (bicyclic) bond motifs is 1. The van der Waals surface area contributed by atoms with Crippen molar-refractivity contribution in [3.05, 3.63) is 92.1 Å². The van der Waals surface area contributed by atoms with E-state index in [2.05, 4.69) is 10.6 Å². The van der Waals surface area contributed by atoms with Crippen LogP contribution in [-0.2, 0) is 29.1 Å². The Kier molecular flexibility index (Phi) is 8.95. The highest BCUT2D eigenvalue weighted by Gasteiger charge is 2.19. The number of hydrogen-bond donors (Lipinski definition) is 2. The van der Waals surface area contributed by atoms with E-state index in [0.29, 0.717) is 29.9 Å². The van der Waals surface area contributed by atoms with Gasteiger partial charge in [0.2, 0.25) is 11.8 Å². The van der Waals surface area contributed by atoms with Gasteiger partial charge in [-0.25, -0.2) is 4.79 Å². The van der Waals surface area contributed by atoms with Crippen molar-refractivity contribution in [1.29, 1.82) is 0 Å². The zero-order valence-electron chi connectivity index (χ0n) is 21.9. The molecule has 0 spiro atoms. The molecule has 2 radical (unpaired) electrons. The second-order valence-corrected chi connectivity index (χ2v) is 9.26. The molecular formula is C28H26BClN4O6. The number of halogens is 1. The van der Waals surface area contributed by atoms with Gasteiger partial charge in [0.15, 0.2) is 0 Å². The van der Waals surface area contributed by atoms with Crippen molar-refractivity contribution in [2.24, 2.45) is 0 Å². The Morgan fingerprint density at radius 2 is 1.57 bits per heavy atom. The molecule has 2 amide bonds. The van der Waals surface area contributed by atoms with Crippen LogP contribution in [-0.4, -0.2) is 49.6 Å². The highest BCUT2D eigenvalue weighted by atomic mass is 35.5. The molecule has 0 aliphatic carbocycles. The van der Waals surface area contributed by atoms with Crippen LogP contribution >= 0.6 is 11.6 Å². The van der Waals surface area contributed by atoms with Crippen LogP contribution in [0.2, 0.25) is 5.02 Å². The molecule has 1 aromatic heterocycles. The molecule has 0 fully saturated rings. The Morgan fingerprint density at radius 3 is 2.27 bits per heavy atom. The third-order valence-electron chi connectivity index (χ3n) is 6.20. The summed E-state index contributed by atoms with van der Waals surface area (Å²) in [5.74, 6) is -0.437. The molecule has 0 saturated carbocycles. The molecule has 12 heteroatoms. The largest absolute Gasteiger partial charge is 0.495 e. The number of benzene rings is 3. The molecule has 10 nitrogen and oxygen atoms in total. The zero-order chi connectivity index (χ0) is 28.8. The highest BCUT2D eigenvalue weighted by Crippen LogP contribution is 2.35. The summed E-state index contributed by atoms with van der Waals surface area (Å²) >= 11 is 6.20. The predicted molar refractivity (Wildman–Crippen MR) is 154 cm³/mol. The number of methoxy groups -OCH3 is 2. The van der Waals surface area contributed by atoms with Crippen LogP contribution in [0.4, 0.5) is 5.69 Å². The Balaban J connectivity index is 1.56. The number of hydrogen-bond acceptors (Lipinski definition) is 6. The molecule has 1 heterocycles. The first-order chi connectivity index (χ1) is 19.2. The minimum absolute atomic E-state index is 0.189. The van der Waals surface area contributed by atoms with Gasteiger partial charge >= 0.3 is 5.69 Å². The molecule has 3 aromatic carbocycles. The van der Waals surface area contributed by atoms with E-state index in [9.17, 15) is 19.2 Å². The topological polar surface area (TPSA) is 121 Å². The van der Waals surface area contributed by atoms with E-state index in [1.807, 2.05) is 12.1 Å². The van der Waals surface area contributed by atoms with E-state index in [1.54, 1.807) is 30.3 Å². The van der Waals surface area contributed by atoms with Gasteiger partial charge in [0.25, 0.3) is 5.56 Å². The average molecular weight is 561 g/mol. The third-order valence-corrected chi connectivity index (χ3v) is 6.49. The fourth-order valence-electron chi connectivity index (χ4n) is 4.18. The van der Waals surface area contributed by atoms with Gasteiger partial charge in [-0.1, -0.05) is 53.5 Å². The van der Waals surface area contributed by atoms with Crippen molar-refractivity contribution >= 4 is 53.3 Å². The summed E-state index contributed by atoms with van der Waals surface area (Å²) in [6, 6.07) is 16.6. The van der Waals surface area contributed by atoms with Gasteiger partial charge in [-0.2, -0.15) is 0 Å². The fourth-order valence-corrected chi connectivity index (χ4v) is 4.43. The van der Waals surface area contributed by atoms with E-state index >= 15 is 0 Å². The first-order valence-corrected chi connectivity index (χ1v) is 12.6. The number of ether oxygens (including phenoxy) is 2. The molecule has 0 atom stereocenters. The molecular weight excluding hydrogens is 535 g/mol. The number of aromatic nitrogens is 2. The molecule has 0 saturated heterocycles. The van der Waals surface area contributed by atoms with Crippen molar-refractivity contribution in [3.8, 4) is 11.5 Å². The maximum absolute atomic E-state index is 13.4. The van der Waals surface area contributed by atoms with Gasteiger partial charge in [-0.15, -0.1) is 0 Å². The monoisotopic (exact) mass is 560 g/mol. The SMILES string of the molecule is [B]c1ccc(CCNC(=O)Cn2c(=O)c3ccccc3n(CC(=O)Nc3cc(Cl)c(OC)cc3OC)c2=O)cc1. The number of amides is 2. The maximum Gasteiger partial charge on any atom is 0.332 e. The first-order valence-electron chi connectivity index (χ1n) is 12.3. The minimum Gasteiger partial charge on any atom is -0.495 e. The summed E-state index contributed by atoms with van der Waals surface area (Å²) < 4.78 is 12.5. The molecule has 0 aliphatic heterocycles. The molecule has 204 valence electrons. The second kappa shape index (κ2) is 12.6. The summed E-state index contributed by atoms with van der Waals surface area (Å²) in [5, 5.41) is 5.84. The summed E-state index contributed by atoms with van der Waals surface area (Å²) in [6.45, 7) is -0.646. The highest BCUT2D eigenvalue weighted by molar-refractivity contribution is 6.32. The number of carbonyl (C=O) groups is 2. The van der Waals surface area contributed by atoms with E-state index < -0.39 is 36.2 Å². The first kappa shape index (κ1) is 28.5. The normalized spacial score (nSPS) is 10.8. The van der Waals surface area contributed by atoms with E-state index in [-0.39, 0.29) is 21.6 Å². The van der Waals surface area contributed by atoms with Crippen molar-refractivity contribution in [1.82, 2.24) is 14.5 Å². The average Bonchev–Trinajstić information content (AvgIpc) is 2.94. The lowest BCUT2D eigenvalue weighted by Crippen LogP contribution is -2.45. The Hall–Kier alpha value is -4.51. The molecule has 0 unspecified atom stereocenters. The number of anilines is 1. The quantitative estimate of drug-likeness (QED) is 0.285. The predicted octanol–water partition coefficient (Wildman–Crippen LogP) is 1.63. The lowest BCUT2D eigenvalue weighted by Gasteiger charge is -2.16. The number of nitrogens with one attached hydrogen (secondary N) is 2. The van der Waals surface area contributed by atoms with Crippen LogP contribution < -0.4 is 36.8 Å². The van der Waals surface area contributed by atoms with Gasteiger partial charge in [0, 0.05) is 12.6 Å². The molecule has 4 rings (SSSR count). The van der Waals surface area contributed by atoms with Crippen molar-refractivity contribution in [2.45, 2.75) is 19.5 Å². The standard InChI is InChI=1S/C28H26BClN4O6/c1-39-23-14-24(40-2)21(13-20(23)30)32-26(36)16-33-22-6-4-3-5-19(22)27(37)34(28(33)38)15-25(35)31-12-11-17-7-9-18(29)10-8-17/h3-10,13-14H,11-12,15-16H2,1-2H3,(H,31,35)(H,32,36). The van der Waals surface area contributed by atoms with Crippen LogP contribution in [0.15, 0.2) is 70.3 Å². The zero-order valence-corrected chi connectivity index (χ0v) is 22.7. The number of carbonyl (C=O) groups excluding carboxylic acids is 2. The van der Waals surface area contributed by atoms with Gasteiger partial charge in [-0.05, 0) is 30.2 Å². The lowest BCUT2D eigenvalue weighted by atomic mass is 9.95. The van der Waals surface area contributed by atoms with E-state index in [4.69, 9.17) is 28.9 Å². The van der Waals surface area contributed by atoms with Gasteiger partial charge < -0.3 is 20.1 Å². The van der Waals surface area contributed by atoms with E-state index in [0.717, 1.165) is 14.7 Å². The Morgan fingerprint density at radius 1 is 0.900 bits per heavy atom. The Labute approximate surface area is 235 Å². The molecule has 4 aromatic rings. The maximum atomic E-state index is 13.4. The lowest BCUT2D eigenvalue weighted by molar-refractivity contribution is -0.121. The smallest absolute Gasteiger partial charge is 0.332 e. The summed E-state index contributed by atoms with van der Waals surface area (Å²) in [7, 11) is 8.57. The number of rotatable bonds is 10. The summed E-state index contributed by atoms with van der Waals surface area (Å²) in [6.07, 6.45) is 0.544. The number of nitrogens with zero attached hydrogens (tertiary/aromatic N) is 2. The van der Waals surface area contributed by atoms with Crippen molar-refractivity contribution in [3.63, 3.8) is 0 Å². The molecule has 0 aliphatic rings. The van der Waals surface area contributed by atoms with Gasteiger partial charge in [-0.3, -0.25) is 23.5 Å². The molecule has 40 heavy (non-hydrogen) atoms. The summed E-state index contributed by atoms with van der Waals surface area (Å²) in [5.41, 5.74) is 0.708. The third kappa shape index (κ3) is 6.37. The van der Waals surface area contributed by atoms with Crippen molar-refractivity contribution < 1.29 is 19.1 Å². The number of para-hydroxylation sites is 1. The van der Waals surface area contributed by atoms with Gasteiger partial charge in [0.05, 0.1) is 35.8 Å². The summed E-state index contributed by atoms with van der Waals surface area (Å²) in [4.78, 5) is 52.3. The van der Waals surface area contributed by atoms with Crippen LogP contribution in [0.5, 0.6) is 11.5 Å². The fraction of sp³-hybridized carbons (Fsp3) is 0.214. The minimum atomic E-state index is -0.799. The molecule has 2 N–H and O–H groups in total. The Bertz CT molecular complexity index is 1680. The van der Waals surface area contributed by atoms with Crippen molar-refractivity contribution in [2.75, 3.05) is 26.1 Å². The van der Waals surface area contributed by atoms with Crippen LogP contribution in [0, 0.1) is 0 Å². The second-order valence-electron chi connectivity index (χ2n) is 8.85.